The second kappa shape index (κ2) is 6.79. The van der Waals surface area contributed by atoms with Gasteiger partial charge in [0.15, 0.2) is 5.76 Å². The largest absolute Gasteiger partial charge is 0.433 e. The Morgan fingerprint density at radius 2 is 2.08 bits per heavy atom. The molecule has 1 aromatic carbocycles. The molecule has 0 aliphatic rings. The predicted octanol–water partition coefficient (Wildman–Crippen LogP) is 2.51. The Bertz CT molecular complexity index is 943. The van der Waals surface area contributed by atoms with Crippen molar-refractivity contribution < 1.29 is 14.1 Å². The van der Waals surface area contributed by atoms with Gasteiger partial charge in [0.1, 0.15) is 10.6 Å². The molecule has 9 heteroatoms. The van der Waals surface area contributed by atoms with Gasteiger partial charge in [-0.15, -0.1) is 0 Å². The Balaban J connectivity index is 2.04. The molecule has 25 heavy (non-hydrogen) atoms. The molecule has 2 aromatic heterocycles. The lowest BCUT2D eigenvalue weighted by Crippen LogP contribution is -2.12. The van der Waals surface area contributed by atoms with Crippen LogP contribution in [0.3, 0.4) is 0 Å². The third-order valence-corrected chi connectivity index (χ3v) is 3.19. The first kappa shape index (κ1) is 16.1. The quantitative estimate of drug-likeness (QED) is 0.435. The zero-order chi connectivity index (χ0) is 17.8. The van der Waals surface area contributed by atoms with Crippen LogP contribution in [0, 0.1) is 10.1 Å². The van der Waals surface area contributed by atoms with Gasteiger partial charge in [0.05, 0.1) is 18.0 Å². The first-order chi connectivity index (χ1) is 12.0. The van der Waals surface area contributed by atoms with E-state index < -0.39 is 4.92 Å². The van der Waals surface area contributed by atoms with Crippen molar-refractivity contribution in [2.45, 2.75) is 6.92 Å². The number of carbonyl (C=O) groups is 1. The highest BCUT2D eigenvalue weighted by Gasteiger charge is 2.18. The molecule has 126 valence electrons. The fraction of sp³-hybridized carbons (Fsp3) is 0.0625. The van der Waals surface area contributed by atoms with Crippen molar-refractivity contribution in [3.05, 3.63) is 64.3 Å². The molecule has 0 saturated heterocycles. The summed E-state index contributed by atoms with van der Waals surface area (Å²) in [5, 5.41) is 19.1. The van der Waals surface area contributed by atoms with Crippen molar-refractivity contribution in [1.29, 1.82) is 0 Å². The van der Waals surface area contributed by atoms with E-state index in [1.165, 1.54) is 25.3 Å². The maximum Gasteiger partial charge on any atom is 0.433 e. The standard InChI is InChI=1S/C16H13N5O4/c1-11(22)18-17-9-12-10-20(13-5-3-2-4-6-13)19-16(12)14-7-8-15(25-14)21(23)24/h2-10H,1H3,(H,18,22)/b17-9+. The van der Waals surface area contributed by atoms with Gasteiger partial charge >= 0.3 is 5.88 Å². The number of para-hydroxylation sites is 1. The minimum atomic E-state index is -0.622. The molecule has 0 bridgehead atoms. The first-order valence-electron chi connectivity index (χ1n) is 7.24. The van der Waals surface area contributed by atoms with Crippen LogP contribution in [0.15, 0.2) is 58.2 Å². The van der Waals surface area contributed by atoms with Gasteiger partial charge in [-0.2, -0.15) is 10.2 Å². The highest BCUT2D eigenvalue weighted by molar-refractivity contribution is 5.88. The Kier molecular flexibility index (Phi) is 4.38. The van der Waals surface area contributed by atoms with E-state index in [1.54, 1.807) is 10.9 Å². The van der Waals surface area contributed by atoms with E-state index in [0.29, 0.717) is 11.3 Å². The molecule has 0 spiro atoms. The summed E-state index contributed by atoms with van der Waals surface area (Å²) in [5.74, 6) is -0.471. The molecule has 0 atom stereocenters. The third kappa shape index (κ3) is 3.61. The van der Waals surface area contributed by atoms with Gasteiger partial charge in [0.2, 0.25) is 5.91 Å². The summed E-state index contributed by atoms with van der Waals surface area (Å²) >= 11 is 0. The SMILES string of the molecule is CC(=O)N/N=C/c1cn(-c2ccccc2)nc1-c1ccc([N+](=O)[O-])o1. The maximum atomic E-state index is 11.0. The number of nitro groups is 1. The van der Waals surface area contributed by atoms with Crippen LogP contribution in [0.5, 0.6) is 0 Å². The van der Waals surface area contributed by atoms with E-state index in [-0.39, 0.29) is 17.6 Å². The van der Waals surface area contributed by atoms with Crippen molar-refractivity contribution in [2.75, 3.05) is 0 Å². The predicted molar refractivity (Wildman–Crippen MR) is 89.3 cm³/mol. The van der Waals surface area contributed by atoms with Crippen molar-refractivity contribution in [1.82, 2.24) is 15.2 Å². The number of aromatic nitrogens is 2. The molecule has 0 unspecified atom stereocenters. The maximum absolute atomic E-state index is 11.0. The normalized spacial score (nSPS) is 10.9. The zero-order valence-electron chi connectivity index (χ0n) is 13.1. The number of nitrogens with zero attached hydrogens (tertiary/aromatic N) is 4. The van der Waals surface area contributed by atoms with Crippen molar-refractivity contribution in [2.24, 2.45) is 5.10 Å². The summed E-state index contributed by atoms with van der Waals surface area (Å²) in [4.78, 5) is 21.1. The van der Waals surface area contributed by atoms with Gasteiger partial charge in [-0.3, -0.25) is 14.9 Å². The molecule has 1 N–H and O–H groups in total. The monoisotopic (exact) mass is 339 g/mol. The van der Waals surface area contributed by atoms with Gasteiger partial charge in [-0.05, 0) is 18.2 Å². The molecule has 0 aliphatic carbocycles. The number of rotatable bonds is 5. The Hall–Kier alpha value is -3.75. The molecule has 0 aliphatic heterocycles. The molecular formula is C16H13N5O4. The Morgan fingerprint density at radius 3 is 2.72 bits per heavy atom. The minimum absolute atomic E-state index is 0.227. The fourth-order valence-corrected chi connectivity index (χ4v) is 2.13. The number of hydrazone groups is 1. The van der Waals surface area contributed by atoms with E-state index >= 15 is 0 Å². The summed E-state index contributed by atoms with van der Waals surface area (Å²) in [6.07, 6.45) is 3.09. The number of hydrogen-bond donors (Lipinski definition) is 1. The van der Waals surface area contributed by atoms with Crippen LogP contribution in [-0.4, -0.2) is 26.8 Å². The number of carbonyl (C=O) groups excluding carboxylic acids is 1. The van der Waals surface area contributed by atoms with E-state index in [1.807, 2.05) is 30.3 Å². The van der Waals surface area contributed by atoms with E-state index in [2.05, 4.69) is 15.6 Å². The summed E-state index contributed by atoms with van der Waals surface area (Å²) < 4.78 is 6.82. The van der Waals surface area contributed by atoms with E-state index in [0.717, 1.165) is 5.69 Å². The third-order valence-electron chi connectivity index (χ3n) is 3.19. The Morgan fingerprint density at radius 1 is 1.32 bits per heavy atom. The summed E-state index contributed by atoms with van der Waals surface area (Å²) in [7, 11) is 0. The van der Waals surface area contributed by atoms with Gasteiger partial charge in [0, 0.05) is 18.7 Å². The average Bonchev–Trinajstić information content (AvgIpc) is 3.22. The second-order valence-corrected chi connectivity index (χ2v) is 5.03. The molecule has 2 heterocycles. The highest BCUT2D eigenvalue weighted by Crippen LogP contribution is 2.27. The van der Waals surface area contributed by atoms with Gasteiger partial charge in [-0.25, -0.2) is 10.1 Å². The van der Waals surface area contributed by atoms with E-state index in [4.69, 9.17) is 4.42 Å². The first-order valence-corrected chi connectivity index (χ1v) is 7.24. The molecule has 3 aromatic rings. The molecule has 3 rings (SSSR count). The van der Waals surface area contributed by atoms with Crippen LogP contribution >= 0.6 is 0 Å². The number of furan rings is 1. The lowest BCUT2D eigenvalue weighted by atomic mass is 10.2. The average molecular weight is 339 g/mol. The molecule has 0 saturated carbocycles. The van der Waals surface area contributed by atoms with Gasteiger partial charge < -0.3 is 4.42 Å². The smallest absolute Gasteiger partial charge is 0.399 e. The summed E-state index contributed by atoms with van der Waals surface area (Å²) in [6.45, 7) is 1.33. The molecule has 0 radical (unpaired) electrons. The Labute approximate surface area is 141 Å². The van der Waals surface area contributed by atoms with Crippen LogP contribution < -0.4 is 5.43 Å². The number of benzene rings is 1. The topological polar surface area (TPSA) is 116 Å². The van der Waals surface area contributed by atoms with Gasteiger partial charge in [0.25, 0.3) is 0 Å². The number of hydrogen-bond acceptors (Lipinski definition) is 6. The molecule has 1 amide bonds. The minimum Gasteiger partial charge on any atom is -0.399 e. The zero-order valence-corrected chi connectivity index (χ0v) is 13.1. The molecular weight excluding hydrogens is 326 g/mol. The van der Waals surface area contributed by atoms with Crippen LogP contribution in [-0.2, 0) is 4.79 Å². The molecule has 0 fully saturated rings. The van der Waals surface area contributed by atoms with E-state index in [9.17, 15) is 14.9 Å². The van der Waals surface area contributed by atoms with Crippen molar-refractivity contribution in [3.63, 3.8) is 0 Å². The fourth-order valence-electron chi connectivity index (χ4n) is 2.13. The second-order valence-electron chi connectivity index (χ2n) is 5.03. The lowest BCUT2D eigenvalue weighted by molar-refractivity contribution is -0.401. The van der Waals surface area contributed by atoms with Crippen LogP contribution in [0.4, 0.5) is 5.88 Å². The van der Waals surface area contributed by atoms with Crippen molar-refractivity contribution >= 4 is 18.0 Å². The van der Waals surface area contributed by atoms with Gasteiger partial charge in [-0.1, -0.05) is 18.2 Å². The van der Waals surface area contributed by atoms with Crippen LogP contribution in [0.1, 0.15) is 12.5 Å². The summed E-state index contributed by atoms with van der Waals surface area (Å²) in [5.41, 5.74) is 3.99. The van der Waals surface area contributed by atoms with Crippen LogP contribution in [0.25, 0.3) is 17.1 Å². The highest BCUT2D eigenvalue weighted by atomic mass is 16.6. The molecule has 9 nitrogen and oxygen atoms in total. The van der Waals surface area contributed by atoms with Crippen molar-refractivity contribution in [3.8, 4) is 17.1 Å². The number of amides is 1. The van der Waals surface area contributed by atoms with Crippen LogP contribution in [0.2, 0.25) is 0 Å². The summed E-state index contributed by atoms with van der Waals surface area (Å²) in [6, 6.07) is 12.0. The number of nitrogens with one attached hydrogen (secondary N) is 1. The lowest BCUT2D eigenvalue weighted by Gasteiger charge is -1.98.